The molecule has 0 fully saturated rings. The average Bonchev–Trinajstić information content (AvgIpc) is 1.81. The molecule has 0 bridgehead atoms. The summed E-state index contributed by atoms with van der Waals surface area (Å²) < 4.78 is 0. The van der Waals surface area contributed by atoms with Gasteiger partial charge in [-0.15, -0.1) is 0 Å². The van der Waals surface area contributed by atoms with E-state index in [1.54, 1.807) is 13.8 Å². The zero-order valence-corrected chi connectivity index (χ0v) is 6.80. The number of rotatable bonds is 3. The first-order valence-corrected chi connectivity index (χ1v) is 3.88. The van der Waals surface area contributed by atoms with E-state index in [2.05, 4.69) is 0 Å². The molecule has 0 aliphatic rings. The number of aliphatic hydroxyl groups is 2. The van der Waals surface area contributed by atoms with E-state index in [-0.39, 0.29) is 0 Å². The first kappa shape index (κ1) is 9.76. The first-order chi connectivity index (χ1) is 4.59. The quantitative estimate of drug-likeness (QED) is 0.585. The van der Waals surface area contributed by atoms with Gasteiger partial charge in [0.1, 0.15) is 5.40 Å². The number of hydrogen-bond donors (Lipinski definition) is 2. The number of nitriles is 1. The van der Waals surface area contributed by atoms with Crippen molar-refractivity contribution in [2.75, 3.05) is 0 Å². The molecule has 2 atom stereocenters. The van der Waals surface area contributed by atoms with Crippen LogP contribution in [0.3, 0.4) is 0 Å². The Morgan fingerprint density at radius 3 is 1.80 bits per heavy atom. The Balaban J connectivity index is 3.88. The molecular weight excluding hydrogens is 150 g/mol. The van der Waals surface area contributed by atoms with Crippen molar-refractivity contribution in [1.82, 2.24) is 0 Å². The van der Waals surface area contributed by atoms with Gasteiger partial charge in [-0.25, -0.2) is 0 Å². The van der Waals surface area contributed by atoms with E-state index >= 15 is 0 Å². The van der Waals surface area contributed by atoms with E-state index in [1.807, 2.05) is 5.40 Å². The van der Waals surface area contributed by atoms with Crippen LogP contribution in [0, 0.1) is 10.7 Å². The Hall–Kier alpha value is -0.240. The minimum atomic E-state index is -0.648. The van der Waals surface area contributed by atoms with Crippen LogP contribution in [0.2, 0.25) is 0 Å². The first-order valence-electron chi connectivity index (χ1n) is 3.00. The molecule has 0 rings (SSSR count). The van der Waals surface area contributed by atoms with Crippen molar-refractivity contribution in [2.45, 2.75) is 31.3 Å². The lowest BCUT2D eigenvalue weighted by Gasteiger charge is -2.17. The van der Waals surface area contributed by atoms with Crippen molar-refractivity contribution >= 4 is 11.8 Å². The fourth-order valence-corrected chi connectivity index (χ4v) is 1.18. The highest BCUT2D eigenvalue weighted by molar-refractivity contribution is 8.04. The molecule has 58 valence electrons. The topological polar surface area (TPSA) is 64.2 Å². The predicted molar refractivity (Wildman–Crippen MR) is 40.4 cm³/mol. The largest absolute Gasteiger partial charge is 0.392 e. The van der Waals surface area contributed by atoms with Crippen LogP contribution in [0.25, 0.3) is 0 Å². The number of hydrogen-bond acceptors (Lipinski definition) is 4. The summed E-state index contributed by atoms with van der Waals surface area (Å²) in [6, 6.07) is 0. The molecule has 2 N–H and O–H groups in total. The van der Waals surface area contributed by atoms with Crippen molar-refractivity contribution in [3.63, 3.8) is 0 Å². The second-order valence-corrected chi connectivity index (χ2v) is 3.12. The normalized spacial score (nSPS) is 19.1. The summed E-state index contributed by atoms with van der Waals surface area (Å²) in [7, 11) is 0. The zero-order chi connectivity index (χ0) is 8.15. The lowest BCUT2D eigenvalue weighted by molar-refractivity contribution is 0.110. The monoisotopic (exact) mass is 161 g/mol. The molecule has 3 nitrogen and oxygen atoms in total. The summed E-state index contributed by atoms with van der Waals surface area (Å²) in [6.45, 7) is 3.11. The average molecular weight is 161 g/mol. The number of nitrogens with zero attached hydrogens (tertiary/aromatic N) is 1. The second-order valence-electron chi connectivity index (χ2n) is 2.15. The summed E-state index contributed by atoms with van der Waals surface area (Å²) in [5, 5.41) is 27.6. The van der Waals surface area contributed by atoms with Gasteiger partial charge in [-0.05, 0) is 25.6 Å². The molecule has 0 saturated carbocycles. The highest BCUT2D eigenvalue weighted by Crippen LogP contribution is 2.16. The van der Waals surface area contributed by atoms with E-state index in [0.717, 1.165) is 11.8 Å². The Labute approximate surface area is 64.7 Å². The van der Waals surface area contributed by atoms with Crippen LogP contribution in [-0.2, 0) is 0 Å². The van der Waals surface area contributed by atoms with Gasteiger partial charge in [-0.2, -0.15) is 5.26 Å². The van der Waals surface area contributed by atoms with Gasteiger partial charge in [0.15, 0.2) is 0 Å². The Morgan fingerprint density at radius 2 is 1.70 bits per heavy atom. The molecule has 2 unspecified atom stereocenters. The maximum Gasteiger partial charge on any atom is 0.133 e. The molecule has 0 radical (unpaired) electrons. The highest BCUT2D eigenvalue weighted by Gasteiger charge is 2.20. The van der Waals surface area contributed by atoms with E-state index in [1.165, 1.54) is 0 Å². The molecule has 0 aromatic rings. The van der Waals surface area contributed by atoms with Crippen molar-refractivity contribution < 1.29 is 10.2 Å². The molecule has 0 aromatic carbocycles. The van der Waals surface area contributed by atoms with Gasteiger partial charge in [-0.3, -0.25) is 0 Å². The summed E-state index contributed by atoms with van der Waals surface area (Å²) in [6.07, 6.45) is -1.30. The lowest BCUT2D eigenvalue weighted by atomic mass is 10.2. The summed E-state index contributed by atoms with van der Waals surface area (Å²) >= 11 is 0.898. The van der Waals surface area contributed by atoms with Crippen molar-refractivity contribution in [2.24, 2.45) is 0 Å². The van der Waals surface area contributed by atoms with Gasteiger partial charge in [0.2, 0.25) is 0 Å². The molecule has 4 heteroatoms. The summed E-state index contributed by atoms with van der Waals surface area (Å²) in [5.74, 6) is 0. The van der Waals surface area contributed by atoms with Gasteiger partial charge >= 0.3 is 0 Å². The molecule has 0 spiro atoms. The highest BCUT2D eigenvalue weighted by atomic mass is 32.2. The number of aliphatic hydroxyl groups excluding tert-OH is 2. The molecular formula is C6H11NO2S. The molecule has 0 heterocycles. The molecule has 0 aliphatic carbocycles. The minimum absolute atomic E-state index is 0.398. The standard InChI is InChI=1S/C6H11NO2S/c1-4(8)6(5(2)9)10-3-7/h4-6,8-9H,1-2H3. The van der Waals surface area contributed by atoms with Crippen LogP contribution < -0.4 is 0 Å². The predicted octanol–water partition coefficient (Wildman–Crippen LogP) is 0.331. The Kier molecular flexibility index (Phi) is 4.45. The molecule has 0 aromatic heterocycles. The summed E-state index contributed by atoms with van der Waals surface area (Å²) in [5.41, 5.74) is 0. The van der Waals surface area contributed by atoms with Gasteiger partial charge in [0, 0.05) is 0 Å². The van der Waals surface area contributed by atoms with E-state index < -0.39 is 17.5 Å². The third-order valence-electron chi connectivity index (χ3n) is 1.14. The van der Waals surface area contributed by atoms with Crippen LogP contribution >= 0.6 is 11.8 Å². The maximum atomic E-state index is 8.98. The van der Waals surface area contributed by atoms with Gasteiger partial charge < -0.3 is 10.2 Å². The van der Waals surface area contributed by atoms with Gasteiger partial charge in [0.05, 0.1) is 17.5 Å². The smallest absolute Gasteiger partial charge is 0.133 e. The number of thioether (sulfide) groups is 1. The lowest BCUT2D eigenvalue weighted by Crippen LogP contribution is -2.30. The van der Waals surface area contributed by atoms with Crippen LogP contribution in [-0.4, -0.2) is 27.7 Å². The van der Waals surface area contributed by atoms with Crippen LogP contribution in [0.1, 0.15) is 13.8 Å². The van der Waals surface area contributed by atoms with E-state index in [9.17, 15) is 0 Å². The van der Waals surface area contributed by atoms with Crippen LogP contribution in [0.4, 0.5) is 0 Å². The minimum Gasteiger partial charge on any atom is -0.392 e. The zero-order valence-electron chi connectivity index (χ0n) is 5.98. The molecule has 0 amide bonds. The van der Waals surface area contributed by atoms with E-state index in [4.69, 9.17) is 15.5 Å². The molecule has 10 heavy (non-hydrogen) atoms. The van der Waals surface area contributed by atoms with Crippen molar-refractivity contribution in [3.05, 3.63) is 0 Å². The van der Waals surface area contributed by atoms with Crippen LogP contribution in [0.5, 0.6) is 0 Å². The Morgan fingerprint density at radius 1 is 1.30 bits per heavy atom. The summed E-state index contributed by atoms with van der Waals surface area (Å²) in [4.78, 5) is 0. The van der Waals surface area contributed by atoms with Crippen LogP contribution in [0.15, 0.2) is 0 Å². The maximum absolute atomic E-state index is 8.98. The van der Waals surface area contributed by atoms with E-state index in [0.29, 0.717) is 0 Å². The molecule has 0 aliphatic heterocycles. The number of thiocyanates is 1. The fraction of sp³-hybridized carbons (Fsp3) is 0.833. The Bertz CT molecular complexity index is 122. The van der Waals surface area contributed by atoms with Crippen molar-refractivity contribution in [1.29, 1.82) is 5.26 Å². The van der Waals surface area contributed by atoms with Gasteiger partial charge in [-0.1, -0.05) is 0 Å². The third kappa shape index (κ3) is 3.06. The second kappa shape index (κ2) is 4.56. The fourth-order valence-electron chi connectivity index (χ4n) is 0.661. The molecule has 0 saturated heterocycles. The third-order valence-corrected chi connectivity index (χ3v) is 2.31. The van der Waals surface area contributed by atoms with Gasteiger partial charge in [0.25, 0.3) is 0 Å². The van der Waals surface area contributed by atoms with Crippen molar-refractivity contribution in [3.8, 4) is 5.40 Å². The SMILES string of the molecule is CC(O)C(SC#N)C(C)O.